The van der Waals surface area contributed by atoms with Gasteiger partial charge in [-0.25, -0.2) is 9.78 Å². The molecule has 57 heavy (non-hydrogen) atoms. The SMILES string of the molecule is COCCOC(=O)[C@]1(OCCOC)CC[C@H](c2nc3c(-c4ccc(-c5ccn(C)n5)nc4)cnn3c(N(COCC[Si](C)(C)C)COCC[Si](C)(C)C)c2Br)CC1. The van der Waals surface area contributed by atoms with Crippen LogP contribution in [0.4, 0.5) is 5.82 Å². The number of aromatic nitrogens is 6. The number of esters is 1. The highest BCUT2D eigenvalue weighted by atomic mass is 79.9. The smallest absolute Gasteiger partial charge is 0.338 e. The van der Waals surface area contributed by atoms with Gasteiger partial charge in [0.1, 0.15) is 25.8 Å². The number of anilines is 1. The summed E-state index contributed by atoms with van der Waals surface area (Å²) in [4.78, 5) is 25.8. The number of hydrogen-bond donors (Lipinski definition) is 0. The van der Waals surface area contributed by atoms with Gasteiger partial charge in [-0.1, -0.05) is 45.3 Å². The lowest BCUT2D eigenvalue weighted by Gasteiger charge is -2.38. The molecule has 5 rings (SSSR count). The number of carbonyl (C=O) groups is 1. The molecule has 14 nitrogen and oxygen atoms in total. The molecule has 1 aliphatic carbocycles. The lowest BCUT2D eigenvalue weighted by Crippen LogP contribution is -2.46. The van der Waals surface area contributed by atoms with Crippen molar-refractivity contribution in [2.45, 2.75) is 88.6 Å². The highest BCUT2D eigenvalue weighted by Crippen LogP contribution is 2.45. The van der Waals surface area contributed by atoms with E-state index in [1.165, 1.54) is 0 Å². The fourth-order valence-electron chi connectivity index (χ4n) is 6.68. The van der Waals surface area contributed by atoms with Crippen LogP contribution < -0.4 is 4.90 Å². The number of halogens is 1. The summed E-state index contributed by atoms with van der Waals surface area (Å²) in [5.74, 6) is 0.436. The molecule has 1 aliphatic rings. The summed E-state index contributed by atoms with van der Waals surface area (Å²) in [7, 11) is 2.45. The zero-order valence-electron chi connectivity index (χ0n) is 35.3. The van der Waals surface area contributed by atoms with Gasteiger partial charge in [-0.2, -0.15) is 14.7 Å². The summed E-state index contributed by atoms with van der Waals surface area (Å²) in [6, 6.07) is 8.06. The number of pyridine rings is 1. The van der Waals surface area contributed by atoms with Crippen LogP contribution in [0.3, 0.4) is 0 Å². The molecular weight excluding hydrogens is 827 g/mol. The number of aryl methyl sites for hydroxylation is 1. The molecule has 0 N–H and O–H groups in total. The number of methoxy groups -OCH3 is 2. The number of fused-ring (bicyclic) bond motifs is 1. The molecule has 4 heterocycles. The van der Waals surface area contributed by atoms with E-state index in [-0.39, 0.29) is 25.1 Å². The van der Waals surface area contributed by atoms with Crippen molar-refractivity contribution in [1.82, 2.24) is 29.4 Å². The van der Waals surface area contributed by atoms with Gasteiger partial charge in [-0.05, 0) is 65.8 Å². The summed E-state index contributed by atoms with van der Waals surface area (Å²) in [5, 5.41) is 9.46. The van der Waals surface area contributed by atoms with E-state index in [0.29, 0.717) is 71.2 Å². The molecule has 4 aromatic heterocycles. The second-order valence-corrected chi connectivity index (χ2v) is 29.2. The summed E-state index contributed by atoms with van der Waals surface area (Å²) < 4.78 is 39.6. The minimum Gasteiger partial charge on any atom is -0.461 e. The van der Waals surface area contributed by atoms with Gasteiger partial charge in [0.15, 0.2) is 17.1 Å². The van der Waals surface area contributed by atoms with Crippen LogP contribution in [0, 0.1) is 0 Å². The van der Waals surface area contributed by atoms with E-state index in [4.69, 9.17) is 43.5 Å². The van der Waals surface area contributed by atoms with Gasteiger partial charge in [-0.15, -0.1) is 0 Å². The van der Waals surface area contributed by atoms with Crippen LogP contribution in [0.25, 0.3) is 28.2 Å². The van der Waals surface area contributed by atoms with Gasteiger partial charge in [0.2, 0.25) is 0 Å². The fraction of sp³-hybridized carbons (Fsp3) is 0.625. The van der Waals surface area contributed by atoms with Crippen molar-refractivity contribution in [3.8, 4) is 22.5 Å². The maximum Gasteiger partial charge on any atom is 0.338 e. The fourth-order valence-corrected chi connectivity index (χ4v) is 9.02. The molecule has 0 atom stereocenters. The molecule has 1 fully saturated rings. The molecule has 4 aromatic rings. The Kier molecular flexibility index (Phi) is 16.0. The van der Waals surface area contributed by atoms with Crippen molar-refractivity contribution in [1.29, 1.82) is 0 Å². The molecule has 0 aromatic carbocycles. The van der Waals surface area contributed by atoms with E-state index < -0.39 is 21.7 Å². The summed E-state index contributed by atoms with van der Waals surface area (Å²) in [6.07, 6.45) is 7.84. The topological polar surface area (TPSA) is 137 Å². The van der Waals surface area contributed by atoms with Crippen LogP contribution in [0.2, 0.25) is 51.4 Å². The molecule has 0 amide bonds. The van der Waals surface area contributed by atoms with Crippen LogP contribution in [-0.4, -0.2) is 124 Å². The van der Waals surface area contributed by atoms with Crippen molar-refractivity contribution in [3.63, 3.8) is 0 Å². The molecule has 1 saturated carbocycles. The summed E-state index contributed by atoms with van der Waals surface area (Å²) in [6.45, 7) is 17.2. The number of ether oxygens (including phenoxy) is 6. The van der Waals surface area contributed by atoms with E-state index in [9.17, 15) is 4.79 Å². The third kappa shape index (κ3) is 12.3. The van der Waals surface area contributed by atoms with E-state index >= 15 is 0 Å². The van der Waals surface area contributed by atoms with Gasteiger partial charge < -0.3 is 33.3 Å². The molecule has 0 saturated heterocycles. The van der Waals surface area contributed by atoms with Gasteiger partial charge in [0.05, 0.1) is 41.9 Å². The minimum absolute atomic E-state index is 0.00363. The monoisotopic (exact) mass is 887 g/mol. The highest BCUT2D eigenvalue weighted by molar-refractivity contribution is 9.10. The Bertz CT molecular complexity index is 1870. The van der Waals surface area contributed by atoms with Crippen LogP contribution in [0.15, 0.2) is 41.3 Å². The first-order valence-corrected chi connectivity index (χ1v) is 28.1. The third-order valence-corrected chi connectivity index (χ3v) is 14.3. The van der Waals surface area contributed by atoms with Gasteiger partial charge >= 0.3 is 5.97 Å². The van der Waals surface area contributed by atoms with Crippen molar-refractivity contribution in [3.05, 3.63) is 47.0 Å². The Morgan fingerprint density at radius 3 is 2.09 bits per heavy atom. The maximum atomic E-state index is 13.6. The van der Waals surface area contributed by atoms with Crippen LogP contribution in [-0.2, 0) is 40.3 Å². The van der Waals surface area contributed by atoms with Crippen molar-refractivity contribution in [2.75, 3.05) is 72.2 Å². The predicted octanol–water partition coefficient (Wildman–Crippen LogP) is 7.63. The van der Waals surface area contributed by atoms with Crippen LogP contribution in [0.5, 0.6) is 0 Å². The number of rotatable bonds is 22. The van der Waals surface area contributed by atoms with E-state index in [1.54, 1.807) is 18.9 Å². The first-order valence-electron chi connectivity index (χ1n) is 19.9. The largest absolute Gasteiger partial charge is 0.461 e. The number of nitrogens with zero attached hydrogens (tertiary/aromatic N) is 7. The Hall–Kier alpha value is -3.04. The average molecular weight is 889 g/mol. The molecule has 0 spiro atoms. The molecule has 314 valence electrons. The lowest BCUT2D eigenvalue weighted by molar-refractivity contribution is -0.181. The average Bonchev–Trinajstić information content (AvgIpc) is 3.80. The van der Waals surface area contributed by atoms with E-state index in [2.05, 4.69) is 65.2 Å². The second kappa shape index (κ2) is 20.3. The van der Waals surface area contributed by atoms with Gasteiger partial charge in [0.25, 0.3) is 0 Å². The highest BCUT2D eigenvalue weighted by Gasteiger charge is 2.45. The van der Waals surface area contributed by atoms with Gasteiger partial charge in [-0.3, -0.25) is 9.67 Å². The van der Waals surface area contributed by atoms with E-state index in [0.717, 1.165) is 50.6 Å². The Labute approximate surface area is 348 Å². The van der Waals surface area contributed by atoms with Crippen molar-refractivity contribution in [2.24, 2.45) is 7.05 Å². The molecule has 0 radical (unpaired) electrons. The maximum absolute atomic E-state index is 13.6. The second-order valence-electron chi connectivity index (χ2n) is 17.2. The summed E-state index contributed by atoms with van der Waals surface area (Å²) in [5.41, 5.74) is 3.81. The zero-order valence-corrected chi connectivity index (χ0v) is 38.9. The Morgan fingerprint density at radius 2 is 1.53 bits per heavy atom. The first-order chi connectivity index (χ1) is 27.1. The van der Waals surface area contributed by atoms with Crippen molar-refractivity contribution < 1.29 is 33.2 Å². The quantitative estimate of drug-likeness (QED) is 0.0332. The molecular formula is C40H62BrN7O7Si2. The van der Waals surface area contributed by atoms with Crippen LogP contribution >= 0.6 is 15.9 Å². The number of hydrogen-bond acceptors (Lipinski definition) is 12. The lowest BCUT2D eigenvalue weighted by atomic mass is 9.77. The summed E-state index contributed by atoms with van der Waals surface area (Å²) >= 11 is 4.04. The van der Waals surface area contributed by atoms with E-state index in [1.807, 2.05) is 48.4 Å². The van der Waals surface area contributed by atoms with Gasteiger partial charge in [0, 0.05) is 80.1 Å². The zero-order chi connectivity index (χ0) is 41.2. The molecule has 0 bridgehead atoms. The molecule has 0 aliphatic heterocycles. The standard InChI is InChI=1S/C40H62BrN7O7Si2/c1-46-17-14-34(45-46)33-11-10-31(26-42-33)32-27-43-48-37(32)44-36(30-12-15-40(16-13-30,55-21-19-51-3)39(49)54-20-18-50-2)35(41)38(48)47(28-52-22-24-56(4,5)6)29-53-23-25-57(7,8)9/h10-11,14,17,26-27,30H,12-13,15-16,18-25,28-29H2,1-9H3/t30-,40-. The molecule has 0 unspecified atom stereocenters. The number of carbonyl (C=O) groups excluding carboxylic acids is 1. The predicted molar refractivity (Wildman–Crippen MR) is 231 cm³/mol. The first kappa shape index (κ1) is 45.1. The normalized spacial score (nSPS) is 17.7. The van der Waals surface area contributed by atoms with Crippen molar-refractivity contribution >= 4 is 49.5 Å². The third-order valence-electron chi connectivity index (χ3n) is 10.2. The molecule has 17 heteroatoms. The Morgan fingerprint density at radius 1 is 0.877 bits per heavy atom. The minimum atomic E-state index is -1.32. The van der Waals surface area contributed by atoms with Crippen LogP contribution in [0.1, 0.15) is 37.3 Å². The Balaban J connectivity index is 1.54.